The predicted molar refractivity (Wildman–Crippen MR) is 100 cm³/mol. The summed E-state index contributed by atoms with van der Waals surface area (Å²) in [4.78, 5) is 20.3. The van der Waals surface area contributed by atoms with E-state index in [1.165, 1.54) is 16.9 Å². The lowest BCUT2D eigenvalue weighted by Crippen LogP contribution is -2.41. The lowest BCUT2D eigenvalue weighted by molar-refractivity contribution is -0.0956. The highest BCUT2D eigenvalue weighted by atomic mass is 32.1. The molecule has 0 spiro atoms. The van der Waals surface area contributed by atoms with Gasteiger partial charge in [-0.3, -0.25) is 4.79 Å². The molecular formula is C20H24N2O3S. The van der Waals surface area contributed by atoms with Gasteiger partial charge in [0.25, 0.3) is 5.91 Å². The first kappa shape index (κ1) is 17.6. The molecular weight excluding hydrogens is 348 g/mol. The van der Waals surface area contributed by atoms with Crippen molar-refractivity contribution in [3.8, 4) is 0 Å². The number of likely N-dealkylation sites (tertiary alicyclic amines) is 1. The second-order valence-corrected chi connectivity index (χ2v) is 8.01. The van der Waals surface area contributed by atoms with Gasteiger partial charge in [-0.25, -0.2) is 4.98 Å². The molecule has 0 aliphatic carbocycles. The zero-order chi connectivity index (χ0) is 17.9. The summed E-state index contributed by atoms with van der Waals surface area (Å²) in [6.45, 7) is 4.84. The molecule has 3 heterocycles. The monoisotopic (exact) mass is 372 g/mol. The van der Waals surface area contributed by atoms with Crippen LogP contribution in [0.25, 0.3) is 0 Å². The highest BCUT2D eigenvalue weighted by molar-refractivity contribution is 7.13. The predicted octanol–water partition coefficient (Wildman–Crippen LogP) is 3.27. The van der Waals surface area contributed by atoms with E-state index in [2.05, 4.69) is 17.1 Å². The van der Waals surface area contributed by atoms with Crippen molar-refractivity contribution < 1.29 is 14.3 Å². The smallest absolute Gasteiger partial charge is 0.265 e. The standard InChI is InChI=1S/C20H24N2O3S/c1-14-18(26-17(21-14)13-15-5-3-2-4-6-15)19(23)22-9-7-16(8-10-22)20-24-11-12-25-20/h2-6,16,20H,7-13H2,1H3. The highest BCUT2D eigenvalue weighted by Crippen LogP contribution is 2.28. The number of carbonyl (C=O) groups is 1. The van der Waals surface area contributed by atoms with Crippen LogP contribution in [0.15, 0.2) is 30.3 Å². The van der Waals surface area contributed by atoms with E-state index in [1.54, 1.807) is 0 Å². The fourth-order valence-electron chi connectivity index (χ4n) is 3.66. The Balaban J connectivity index is 1.39. The Morgan fingerprint density at radius 1 is 1.19 bits per heavy atom. The summed E-state index contributed by atoms with van der Waals surface area (Å²) in [5, 5.41) is 1.000. The van der Waals surface area contributed by atoms with E-state index >= 15 is 0 Å². The highest BCUT2D eigenvalue weighted by Gasteiger charge is 2.32. The number of rotatable bonds is 4. The zero-order valence-corrected chi connectivity index (χ0v) is 15.8. The molecule has 0 radical (unpaired) electrons. The van der Waals surface area contributed by atoms with Crippen molar-refractivity contribution in [3.05, 3.63) is 51.5 Å². The van der Waals surface area contributed by atoms with Gasteiger partial charge in [-0.1, -0.05) is 30.3 Å². The van der Waals surface area contributed by atoms with Crippen LogP contribution in [0.5, 0.6) is 0 Å². The summed E-state index contributed by atoms with van der Waals surface area (Å²) < 4.78 is 11.2. The summed E-state index contributed by atoms with van der Waals surface area (Å²) in [6.07, 6.45) is 2.57. The molecule has 2 aliphatic rings. The van der Waals surface area contributed by atoms with Gasteiger partial charge in [0.05, 0.1) is 23.9 Å². The maximum Gasteiger partial charge on any atom is 0.265 e. The Morgan fingerprint density at radius 2 is 1.88 bits per heavy atom. The first-order valence-electron chi connectivity index (χ1n) is 9.23. The van der Waals surface area contributed by atoms with E-state index in [9.17, 15) is 4.79 Å². The van der Waals surface area contributed by atoms with Crippen molar-refractivity contribution in [1.82, 2.24) is 9.88 Å². The summed E-state index contributed by atoms with van der Waals surface area (Å²) in [5.41, 5.74) is 2.06. The number of aromatic nitrogens is 1. The number of ether oxygens (including phenoxy) is 2. The number of hydrogen-bond acceptors (Lipinski definition) is 5. The Morgan fingerprint density at radius 3 is 2.58 bits per heavy atom. The van der Waals surface area contributed by atoms with Crippen molar-refractivity contribution in [1.29, 1.82) is 0 Å². The number of amides is 1. The van der Waals surface area contributed by atoms with Crippen molar-refractivity contribution in [2.45, 2.75) is 32.5 Å². The van der Waals surface area contributed by atoms with Crippen LogP contribution < -0.4 is 0 Å². The minimum Gasteiger partial charge on any atom is -0.350 e. The molecule has 0 N–H and O–H groups in total. The molecule has 1 aromatic heterocycles. The Bertz CT molecular complexity index is 748. The van der Waals surface area contributed by atoms with E-state index in [1.807, 2.05) is 30.0 Å². The van der Waals surface area contributed by atoms with Crippen LogP contribution in [0.4, 0.5) is 0 Å². The number of piperidine rings is 1. The Hall–Kier alpha value is -1.76. The maximum absolute atomic E-state index is 12.9. The minimum absolute atomic E-state index is 0.0742. The minimum atomic E-state index is -0.0742. The average molecular weight is 372 g/mol. The van der Waals surface area contributed by atoms with Crippen LogP contribution in [-0.2, 0) is 15.9 Å². The molecule has 6 heteroatoms. The van der Waals surface area contributed by atoms with E-state index in [0.717, 1.165) is 47.9 Å². The first-order valence-corrected chi connectivity index (χ1v) is 10.0. The molecule has 2 saturated heterocycles. The second kappa shape index (κ2) is 7.86. The van der Waals surface area contributed by atoms with Gasteiger partial charge in [0.1, 0.15) is 4.88 Å². The van der Waals surface area contributed by atoms with Gasteiger partial charge >= 0.3 is 0 Å². The molecule has 5 nitrogen and oxygen atoms in total. The topological polar surface area (TPSA) is 51.7 Å². The molecule has 2 fully saturated rings. The van der Waals surface area contributed by atoms with Crippen LogP contribution in [-0.4, -0.2) is 48.4 Å². The maximum atomic E-state index is 12.9. The molecule has 2 aliphatic heterocycles. The van der Waals surface area contributed by atoms with Gasteiger partial charge in [0, 0.05) is 25.4 Å². The molecule has 0 atom stereocenters. The van der Waals surface area contributed by atoms with Crippen molar-refractivity contribution >= 4 is 17.2 Å². The third-order valence-electron chi connectivity index (χ3n) is 5.09. The molecule has 1 amide bonds. The zero-order valence-electron chi connectivity index (χ0n) is 15.0. The number of nitrogens with zero attached hydrogens (tertiary/aromatic N) is 2. The molecule has 1 aromatic carbocycles. The number of benzene rings is 1. The van der Waals surface area contributed by atoms with Gasteiger partial charge in [-0.15, -0.1) is 11.3 Å². The normalized spacial score (nSPS) is 19.2. The lowest BCUT2D eigenvalue weighted by atomic mass is 9.96. The third kappa shape index (κ3) is 3.82. The van der Waals surface area contributed by atoms with Gasteiger partial charge in [-0.2, -0.15) is 0 Å². The van der Waals surface area contributed by atoms with E-state index in [0.29, 0.717) is 19.1 Å². The quantitative estimate of drug-likeness (QED) is 0.827. The van der Waals surface area contributed by atoms with Gasteiger partial charge < -0.3 is 14.4 Å². The van der Waals surface area contributed by atoms with Crippen molar-refractivity contribution in [2.24, 2.45) is 5.92 Å². The molecule has 26 heavy (non-hydrogen) atoms. The molecule has 0 saturated carbocycles. The largest absolute Gasteiger partial charge is 0.350 e. The van der Waals surface area contributed by atoms with Crippen molar-refractivity contribution in [3.63, 3.8) is 0 Å². The summed E-state index contributed by atoms with van der Waals surface area (Å²) >= 11 is 1.53. The Labute approximate surface area is 157 Å². The fourth-order valence-corrected chi connectivity index (χ4v) is 4.73. The SMILES string of the molecule is Cc1nc(Cc2ccccc2)sc1C(=O)N1CCC(C2OCCO2)CC1. The van der Waals surface area contributed by atoms with Crippen LogP contribution in [0.3, 0.4) is 0 Å². The van der Waals surface area contributed by atoms with Crippen molar-refractivity contribution in [2.75, 3.05) is 26.3 Å². The van der Waals surface area contributed by atoms with E-state index in [-0.39, 0.29) is 12.2 Å². The van der Waals surface area contributed by atoms with Crippen LogP contribution >= 0.6 is 11.3 Å². The molecule has 2 aromatic rings. The van der Waals surface area contributed by atoms with Crippen LogP contribution in [0.1, 0.15) is 38.8 Å². The van der Waals surface area contributed by atoms with Gasteiger partial charge in [0.2, 0.25) is 0 Å². The lowest BCUT2D eigenvalue weighted by Gasteiger charge is -2.33. The molecule has 0 unspecified atom stereocenters. The Kier molecular flexibility index (Phi) is 5.33. The number of carbonyl (C=O) groups excluding carboxylic acids is 1. The van der Waals surface area contributed by atoms with Crippen LogP contribution in [0, 0.1) is 12.8 Å². The van der Waals surface area contributed by atoms with E-state index < -0.39 is 0 Å². The third-order valence-corrected chi connectivity index (χ3v) is 6.24. The van der Waals surface area contributed by atoms with Crippen LogP contribution in [0.2, 0.25) is 0 Å². The molecule has 0 bridgehead atoms. The number of hydrogen-bond donors (Lipinski definition) is 0. The fraction of sp³-hybridized carbons (Fsp3) is 0.500. The summed E-state index contributed by atoms with van der Waals surface area (Å²) in [5.74, 6) is 0.517. The molecule has 138 valence electrons. The van der Waals surface area contributed by atoms with Gasteiger partial charge in [0.15, 0.2) is 6.29 Å². The van der Waals surface area contributed by atoms with Gasteiger partial charge in [-0.05, 0) is 25.3 Å². The second-order valence-electron chi connectivity index (χ2n) is 6.92. The van der Waals surface area contributed by atoms with E-state index in [4.69, 9.17) is 9.47 Å². The molecule has 4 rings (SSSR count). The average Bonchev–Trinajstić information content (AvgIpc) is 3.32. The number of thiazole rings is 1. The summed E-state index contributed by atoms with van der Waals surface area (Å²) in [6, 6.07) is 10.3. The summed E-state index contributed by atoms with van der Waals surface area (Å²) in [7, 11) is 0. The number of aryl methyl sites for hydroxylation is 1. The first-order chi connectivity index (χ1) is 12.7.